The van der Waals surface area contributed by atoms with Crippen molar-refractivity contribution in [2.24, 2.45) is 5.73 Å². The first-order valence-corrected chi connectivity index (χ1v) is 11.4. The van der Waals surface area contributed by atoms with E-state index in [2.05, 4.69) is 0 Å². The number of hydrogen-bond donors (Lipinski definition) is 1. The van der Waals surface area contributed by atoms with Gasteiger partial charge in [-0.2, -0.15) is 5.26 Å². The van der Waals surface area contributed by atoms with Crippen molar-refractivity contribution >= 4 is 11.9 Å². The van der Waals surface area contributed by atoms with Gasteiger partial charge in [0.2, 0.25) is 5.88 Å². The fraction of sp³-hybridized carbons (Fsp3) is 0.296. The van der Waals surface area contributed by atoms with Crippen LogP contribution in [0.15, 0.2) is 65.3 Å². The lowest BCUT2D eigenvalue weighted by atomic mass is 9.83. The molecule has 10 nitrogen and oxygen atoms in total. The van der Waals surface area contributed by atoms with E-state index in [0.717, 1.165) is 0 Å². The van der Waals surface area contributed by atoms with Gasteiger partial charge in [0.15, 0.2) is 11.5 Å². The summed E-state index contributed by atoms with van der Waals surface area (Å²) in [7, 11) is 2.79. The molecule has 0 fully saturated rings. The van der Waals surface area contributed by atoms with Gasteiger partial charge in [-0.05, 0) is 49.7 Å². The minimum absolute atomic E-state index is 0.0780. The SMILES string of the molecule is CCOC(=O)C1=C(C)OC(N)=C(C#N)C1c1ccc(OCCOc2cccc(C(=O)OC)c2)c(OC)c1. The van der Waals surface area contributed by atoms with Gasteiger partial charge in [0.05, 0.1) is 37.9 Å². The Morgan fingerprint density at radius 3 is 2.49 bits per heavy atom. The molecular weight excluding hydrogens is 480 g/mol. The van der Waals surface area contributed by atoms with Crippen LogP contribution in [-0.4, -0.2) is 46.0 Å². The maximum Gasteiger partial charge on any atom is 0.338 e. The zero-order valence-corrected chi connectivity index (χ0v) is 21.0. The van der Waals surface area contributed by atoms with Crippen molar-refractivity contribution in [3.05, 3.63) is 76.4 Å². The number of nitrogens with zero attached hydrogens (tertiary/aromatic N) is 1. The second-order valence-electron chi connectivity index (χ2n) is 7.74. The number of nitrogens with two attached hydrogens (primary N) is 1. The van der Waals surface area contributed by atoms with Crippen LogP contribution in [-0.2, 0) is 19.0 Å². The van der Waals surface area contributed by atoms with Crippen molar-refractivity contribution < 1.29 is 38.0 Å². The van der Waals surface area contributed by atoms with Crippen LogP contribution in [0.25, 0.3) is 0 Å². The van der Waals surface area contributed by atoms with Gasteiger partial charge >= 0.3 is 11.9 Å². The standard InChI is InChI=1S/C27H28N2O8/c1-5-34-27(31)23-16(2)37-25(29)20(15-28)24(23)17-9-10-21(22(14-17)32-3)36-12-11-35-19-8-6-7-18(13-19)26(30)33-4/h6-10,13-14,24H,5,11-12,29H2,1-4H3. The maximum atomic E-state index is 12.7. The van der Waals surface area contributed by atoms with Crippen molar-refractivity contribution in [3.63, 3.8) is 0 Å². The first kappa shape index (κ1) is 26.9. The highest BCUT2D eigenvalue weighted by molar-refractivity contribution is 5.92. The summed E-state index contributed by atoms with van der Waals surface area (Å²) in [6.45, 7) is 3.82. The van der Waals surface area contributed by atoms with Crippen LogP contribution < -0.4 is 19.9 Å². The zero-order chi connectivity index (χ0) is 26.9. The molecular formula is C27H28N2O8. The molecule has 2 aromatic carbocycles. The van der Waals surface area contributed by atoms with Gasteiger partial charge < -0.3 is 34.2 Å². The average Bonchev–Trinajstić information content (AvgIpc) is 2.90. The Hall–Kier alpha value is -4.65. The molecule has 0 bridgehead atoms. The quantitative estimate of drug-likeness (QED) is 0.374. The summed E-state index contributed by atoms with van der Waals surface area (Å²) < 4.78 is 32.4. The second kappa shape index (κ2) is 12.4. The predicted molar refractivity (Wildman–Crippen MR) is 132 cm³/mol. The number of nitriles is 1. The lowest BCUT2D eigenvalue weighted by Crippen LogP contribution is -2.25. The van der Waals surface area contributed by atoms with Gasteiger partial charge in [-0.3, -0.25) is 0 Å². The fourth-order valence-corrected chi connectivity index (χ4v) is 3.81. The Labute approximate surface area is 214 Å². The lowest BCUT2D eigenvalue weighted by molar-refractivity contribution is -0.139. The van der Waals surface area contributed by atoms with Crippen LogP contribution in [0.4, 0.5) is 0 Å². The fourth-order valence-electron chi connectivity index (χ4n) is 3.81. The van der Waals surface area contributed by atoms with E-state index in [0.29, 0.717) is 28.4 Å². The second-order valence-corrected chi connectivity index (χ2v) is 7.74. The number of methoxy groups -OCH3 is 2. The molecule has 0 aromatic heterocycles. The topological polar surface area (TPSA) is 139 Å². The third-order valence-electron chi connectivity index (χ3n) is 5.49. The van der Waals surface area contributed by atoms with E-state index in [1.807, 2.05) is 6.07 Å². The third-order valence-corrected chi connectivity index (χ3v) is 5.49. The van der Waals surface area contributed by atoms with Crippen LogP contribution in [0, 0.1) is 11.3 Å². The van der Waals surface area contributed by atoms with E-state index in [1.165, 1.54) is 14.2 Å². The highest BCUT2D eigenvalue weighted by Crippen LogP contribution is 2.42. The van der Waals surface area contributed by atoms with Gasteiger partial charge in [0.25, 0.3) is 0 Å². The highest BCUT2D eigenvalue weighted by atomic mass is 16.5. The molecule has 2 N–H and O–H groups in total. The third kappa shape index (κ3) is 6.13. The number of benzene rings is 2. The van der Waals surface area contributed by atoms with E-state index in [9.17, 15) is 14.9 Å². The normalized spacial score (nSPS) is 14.8. The largest absolute Gasteiger partial charge is 0.493 e. The number of hydrogen-bond acceptors (Lipinski definition) is 10. The molecule has 1 heterocycles. The van der Waals surface area contributed by atoms with Crippen LogP contribution >= 0.6 is 0 Å². The van der Waals surface area contributed by atoms with Crippen molar-refractivity contribution in [1.29, 1.82) is 5.26 Å². The number of esters is 2. The molecule has 1 aliphatic heterocycles. The van der Waals surface area contributed by atoms with Crippen LogP contribution in [0.2, 0.25) is 0 Å². The number of ether oxygens (including phenoxy) is 6. The molecule has 37 heavy (non-hydrogen) atoms. The Balaban J connectivity index is 1.78. The van der Waals surface area contributed by atoms with Gasteiger partial charge in [0, 0.05) is 0 Å². The molecule has 0 saturated heterocycles. The first-order valence-electron chi connectivity index (χ1n) is 11.4. The molecule has 3 rings (SSSR count). The summed E-state index contributed by atoms with van der Waals surface area (Å²) in [4.78, 5) is 24.4. The molecule has 0 aliphatic carbocycles. The van der Waals surface area contributed by atoms with Gasteiger partial charge in [-0.1, -0.05) is 12.1 Å². The lowest BCUT2D eigenvalue weighted by Gasteiger charge is -2.27. The number of rotatable bonds is 10. The smallest absolute Gasteiger partial charge is 0.338 e. The molecule has 1 aliphatic rings. The monoisotopic (exact) mass is 508 g/mol. The van der Waals surface area contributed by atoms with Crippen molar-refractivity contribution in [1.82, 2.24) is 0 Å². The summed E-state index contributed by atoms with van der Waals surface area (Å²) in [6.07, 6.45) is 0. The number of allylic oxidation sites excluding steroid dienone is 2. The summed E-state index contributed by atoms with van der Waals surface area (Å²) in [5.41, 5.74) is 7.19. The van der Waals surface area contributed by atoms with E-state index in [-0.39, 0.29) is 42.6 Å². The van der Waals surface area contributed by atoms with Gasteiger partial charge in [-0.25, -0.2) is 9.59 Å². The molecule has 0 saturated carbocycles. The summed E-state index contributed by atoms with van der Waals surface area (Å²) >= 11 is 0. The molecule has 1 atom stereocenters. The molecule has 0 amide bonds. The van der Waals surface area contributed by atoms with Crippen molar-refractivity contribution in [2.75, 3.05) is 34.0 Å². The Morgan fingerprint density at radius 1 is 1.05 bits per heavy atom. The summed E-state index contributed by atoms with van der Waals surface area (Å²) in [6, 6.07) is 13.7. The number of carbonyl (C=O) groups excluding carboxylic acids is 2. The van der Waals surface area contributed by atoms with E-state index in [1.54, 1.807) is 56.3 Å². The Morgan fingerprint density at radius 2 is 1.81 bits per heavy atom. The summed E-state index contributed by atoms with van der Waals surface area (Å²) in [5.74, 6) is -0.367. The molecule has 0 spiro atoms. The van der Waals surface area contributed by atoms with Gasteiger partial charge in [-0.15, -0.1) is 0 Å². The van der Waals surface area contributed by atoms with Crippen molar-refractivity contribution in [3.8, 4) is 23.3 Å². The minimum atomic E-state index is -0.800. The van der Waals surface area contributed by atoms with E-state index < -0.39 is 17.9 Å². The van der Waals surface area contributed by atoms with E-state index >= 15 is 0 Å². The van der Waals surface area contributed by atoms with Gasteiger partial charge in [0.1, 0.15) is 36.4 Å². The highest BCUT2D eigenvalue weighted by Gasteiger charge is 2.36. The van der Waals surface area contributed by atoms with Crippen LogP contribution in [0.3, 0.4) is 0 Å². The molecule has 194 valence electrons. The Bertz CT molecular complexity index is 1280. The predicted octanol–water partition coefficient (Wildman–Crippen LogP) is 3.58. The maximum absolute atomic E-state index is 12.7. The zero-order valence-electron chi connectivity index (χ0n) is 21.0. The Kier molecular flexibility index (Phi) is 9.00. The van der Waals surface area contributed by atoms with Crippen LogP contribution in [0.5, 0.6) is 17.2 Å². The van der Waals surface area contributed by atoms with Crippen molar-refractivity contribution in [2.45, 2.75) is 19.8 Å². The van der Waals surface area contributed by atoms with E-state index in [4.69, 9.17) is 34.2 Å². The molecule has 0 radical (unpaired) electrons. The average molecular weight is 509 g/mol. The molecule has 1 unspecified atom stereocenters. The van der Waals surface area contributed by atoms with Crippen LogP contribution in [0.1, 0.15) is 35.7 Å². The molecule has 10 heteroatoms. The minimum Gasteiger partial charge on any atom is -0.493 e. The number of carbonyl (C=O) groups is 2. The first-order chi connectivity index (χ1) is 17.8. The molecule has 2 aromatic rings. The summed E-state index contributed by atoms with van der Waals surface area (Å²) in [5, 5.41) is 9.75.